The van der Waals surface area contributed by atoms with Gasteiger partial charge in [-0.25, -0.2) is 0 Å². The van der Waals surface area contributed by atoms with Gasteiger partial charge < -0.3 is 19.7 Å². The molecular formula is C27H35N5S. The second kappa shape index (κ2) is 9.56. The van der Waals surface area contributed by atoms with Crippen molar-refractivity contribution in [2.24, 2.45) is 0 Å². The summed E-state index contributed by atoms with van der Waals surface area (Å²) in [6, 6.07) is 17.7. The Morgan fingerprint density at radius 1 is 1.06 bits per heavy atom. The number of nitrogens with one attached hydrogen (secondary N) is 1. The lowest BCUT2D eigenvalue weighted by Gasteiger charge is -2.31. The normalized spacial score (nSPS) is 18.2. The van der Waals surface area contributed by atoms with Crippen molar-refractivity contribution in [2.75, 3.05) is 18.0 Å². The highest BCUT2D eigenvalue weighted by molar-refractivity contribution is 7.80. The molecule has 5 nitrogen and oxygen atoms in total. The van der Waals surface area contributed by atoms with Gasteiger partial charge in [0.05, 0.1) is 17.8 Å². The third-order valence-electron chi connectivity index (χ3n) is 6.72. The molecule has 2 atom stereocenters. The standard InChI is InChI=1S/C27H35N5S/c1-7-30(8-2)21-12-14-22(15-13-21)32-19(5)17-23(20(32)6)26-25(24-11-9-10-16-28-24)29-27(33)31(26)18(3)4/h9-18,25-26H,7-8H2,1-6H3,(H,29,33)/t25-,26+/m0/s1. The van der Waals surface area contributed by atoms with E-state index in [0.717, 1.165) is 23.9 Å². The summed E-state index contributed by atoms with van der Waals surface area (Å²) >= 11 is 5.78. The SMILES string of the molecule is CCN(CC)c1ccc(-n2c(C)cc([C@@H]3[C@H](c4ccccn4)NC(=S)N3C(C)C)c2C)cc1. The van der Waals surface area contributed by atoms with Gasteiger partial charge >= 0.3 is 0 Å². The number of thiocarbonyl (C=S) groups is 1. The maximum atomic E-state index is 5.78. The molecule has 6 heteroatoms. The molecule has 0 radical (unpaired) electrons. The first kappa shape index (κ1) is 23.3. The molecular weight excluding hydrogens is 426 g/mol. The molecule has 174 valence electrons. The number of pyridine rings is 1. The first-order chi connectivity index (χ1) is 15.9. The van der Waals surface area contributed by atoms with Crippen LogP contribution in [0.25, 0.3) is 5.69 Å². The maximum Gasteiger partial charge on any atom is 0.170 e. The summed E-state index contributed by atoms with van der Waals surface area (Å²) in [6.45, 7) is 15.2. The number of nitrogens with zero attached hydrogens (tertiary/aromatic N) is 4. The fourth-order valence-electron chi connectivity index (χ4n) is 5.14. The molecule has 2 aromatic heterocycles. The van der Waals surface area contributed by atoms with Gasteiger partial charge in [0.15, 0.2) is 5.11 Å². The minimum Gasteiger partial charge on any atom is -0.372 e. The van der Waals surface area contributed by atoms with Gasteiger partial charge in [0.2, 0.25) is 0 Å². The van der Waals surface area contributed by atoms with Crippen LogP contribution < -0.4 is 10.2 Å². The molecule has 1 aliphatic rings. The summed E-state index contributed by atoms with van der Waals surface area (Å²) in [5.74, 6) is 0. The van der Waals surface area contributed by atoms with E-state index in [1.807, 2.05) is 18.3 Å². The number of rotatable bonds is 7. The Hall–Kier alpha value is -2.86. The molecule has 0 spiro atoms. The van der Waals surface area contributed by atoms with Gasteiger partial charge in [0.25, 0.3) is 0 Å². The molecule has 1 fully saturated rings. The first-order valence-electron chi connectivity index (χ1n) is 11.9. The molecule has 0 saturated carbocycles. The van der Waals surface area contributed by atoms with Gasteiger partial charge in [-0.15, -0.1) is 0 Å². The molecule has 0 unspecified atom stereocenters. The molecule has 4 rings (SSSR count). The number of benzene rings is 1. The number of aromatic nitrogens is 2. The lowest BCUT2D eigenvalue weighted by atomic mass is 9.96. The Morgan fingerprint density at radius 3 is 2.33 bits per heavy atom. The highest BCUT2D eigenvalue weighted by Crippen LogP contribution is 2.42. The van der Waals surface area contributed by atoms with Crippen LogP contribution in [0.2, 0.25) is 0 Å². The molecule has 0 amide bonds. The number of anilines is 1. The molecule has 1 aliphatic heterocycles. The van der Waals surface area contributed by atoms with Gasteiger partial charge in [-0.3, -0.25) is 4.98 Å². The Kier molecular flexibility index (Phi) is 6.75. The smallest absolute Gasteiger partial charge is 0.170 e. The lowest BCUT2D eigenvalue weighted by molar-refractivity contribution is 0.269. The summed E-state index contributed by atoms with van der Waals surface area (Å²) in [4.78, 5) is 9.36. The van der Waals surface area contributed by atoms with E-state index in [2.05, 4.69) is 103 Å². The summed E-state index contributed by atoms with van der Waals surface area (Å²) in [6.07, 6.45) is 1.86. The van der Waals surface area contributed by atoms with Crippen molar-refractivity contribution in [3.8, 4) is 5.69 Å². The minimum absolute atomic E-state index is 0.0140. The van der Waals surface area contributed by atoms with Crippen LogP contribution in [0.1, 0.15) is 62.4 Å². The largest absolute Gasteiger partial charge is 0.372 e. The van der Waals surface area contributed by atoms with E-state index >= 15 is 0 Å². The number of hydrogen-bond acceptors (Lipinski definition) is 3. The van der Waals surface area contributed by atoms with Crippen molar-refractivity contribution in [1.82, 2.24) is 19.8 Å². The zero-order valence-corrected chi connectivity index (χ0v) is 21.4. The van der Waals surface area contributed by atoms with Gasteiger partial charge in [0, 0.05) is 48.1 Å². The van der Waals surface area contributed by atoms with E-state index in [4.69, 9.17) is 12.2 Å². The van der Waals surface area contributed by atoms with Crippen molar-refractivity contribution in [2.45, 2.75) is 59.7 Å². The average molecular weight is 462 g/mol. The van der Waals surface area contributed by atoms with Crippen molar-refractivity contribution >= 4 is 23.0 Å². The van der Waals surface area contributed by atoms with Crippen LogP contribution in [0, 0.1) is 13.8 Å². The van der Waals surface area contributed by atoms with Crippen LogP contribution in [-0.2, 0) is 0 Å². The Labute approximate surface area is 203 Å². The molecule has 0 bridgehead atoms. The molecule has 1 N–H and O–H groups in total. The van der Waals surface area contributed by atoms with Gasteiger partial charge in [0.1, 0.15) is 0 Å². The maximum absolute atomic E-state index is 5.78. The second-order valence-electron chi connectivity index (χ2n) is 8.98. The van der Waals surface area contributed by atoms with E-state index in [-0.39, 0.29) is 18.1 Å². The summed E-state index contributed by atoms with van der Waals surface area (Å²) in [5.41, 5.74) is 7.22. The van der Waals surface area contributed by atoms with Crippen LogP contribution in [0.3, 0.4) is 0 Å². The van der Waals surface area contributed by atoms with E-state index in [1.165, 1.54) is 28.3 Å². The summed E-state index contributed by atoms with van der Waals surface area (Å²) in [7, 11) is 0. The molecule has 3 heterocycles. The van der Waals surface area contributed by atoms with Crippen LogP contribution >= 0.6 is 12.2 Å². The van der Waals surface area contributed by atoms with Crippen molar-refractivity contribution in [1.29, 1.82) is 0 Å². The third kappa shape index (κ3) is 4.24. The van der Waals surface area contributed by atoms with E-state index < -0.39 is 0 Å². The van der Waals surface area contributed by atoms with E-state index in [1.54, 1.807) is 0 Å². The molecule has 1 saturated heterocycles. The van der Waals surface area contributed by atoms with Crippen molar-refractivity contribution in [3.63, 3.8) is 0 Å². The van der Waals surface area contributed by atoms with Crippen LogP contribution in [0.5, 0.6) is 0 Å². The molecule has 3 aromatic rings. The van der Waals surface area contributed by atoms with Crippen LogP contribution in [-0.4, -0.2) is 38.7 Å². The van der Waals surface area contributed by atoms with Gasteiger partial charge in [-0.1, -0.05) is 6.07 Å². The fraction of sp³-hybridized carbons (Fsp3) is 0.407. The number of hydrogen-bond donors (Lipinski definition) is 1. The predicted molar refractivity (Wildman–Crippen MR) is 141 cm³/mol. The molecule has 1 aromatic carbocycles. The van der Waals surface area contributed by atoms with E-state index in [0.29, 0.717) is 0 Å². The third-order valence-corrected chi connectivity index (χ3v) is 7.05. The monoisotopic (exact) mass is 461 g/mol. The quantitative estimate of drug-likeness (QED) is 0.456. The first-order valence-corrected chi connectivity index (χ1v) is 12.3. The van der Waals surface area contributed by atoms with Crippen LogP contribution in [0.15, 0.2) is 54.7 Å². The minimum atomic E-state index is 0.0140. The van der Waals surface area contributed by atoms with Crippen molar-refractivity contribution in [3.05, 3.63) is 77.4 Å². The highest BCUT2D eigenvalue weighted by Gasteiger charge is 2.42. The summed E-state index contributed by atoms with van der Waals surface area (Å²) < 4.78 is 2.36. The van der Waals surface area contributed by atoms with E-state index in [9.17, 15) is 0 Å². The lowest BCUT2D eigenvalue weighted by Crippen LogP contribution is -2.35. The zero-order chi connectivity index (χ0) is 23.7. The second-order valence-corrected chi connectivity index (χ2v) is 9.36. The predicted octanol–water partition coefficient (Wildman–Crippen LogP) is 5.72. The highest BCUT2D eigenvalue weighted by atomic mass is 32.1. The molecule has 33 heavy (non-hydrogen) atoms. The summed E-state index contributed by atoms with van der Waals surface area (Å²) in [5, 5.41) is 4.35. The topological polar surface area (TPSA) is 36.3 Å². The molecule has 0 aliphatic carbocycles. The zero-order valence-electron chi connectivity index (χ0n) is 20.5. The number of aryl methyl sites for hydroxylation is 1. The Balaban J connectivity index is 1.77. The Morgan fingerprint density at radius 2 is 1.76 bits per heavy atom. The van der Waals surface area contributed by atoms with Crippen LogP contribution in [0.4, 0.5) is 5.69 Å². The Bertz CT molecular complexity index is 1100. The van der Waals surface area contributed by atoms with Gasteiger partial charge in [-0.05, 0) is 102 Å². The van der Waals surface area contributed by atoms with Crippen molar-refractivity contribution < 1.29 is 0 Å². The fourth-order valence-corrected chi connectivity index (χ4v) is 5.59. The average Bonchev–Trinajstić information content (AvgIpc) is 3.31. The van der Waals surface area contributed by atoms with Gasteiger partial charge in [-0.2, -0.15) is 0 Å².